The Bertz CT molecular complexity index is 356. The average Bonchev–Trinajstić information content (AvgIpc) is 3.26. The van der Waals surface area contributed by atoms with Crippen LogP contribution in [-0.2, 0) is 6.42 Å². The van der Waals surface area contributed by atoms with Crippen molar-refractivity contribution in [2.24, 2.45) is 5.92 Å². The zero-order valence-electron chi connectivity index (χ0n) is 12.3. The maximum absolute atomic E-state index is 5.84. The van der Waals surface area contributed by atoms with Crippen molar-refractivity contribution >= 4 is 0 Å². The Balaban J connectivity index is 1.66. The van der Waals surface area contributed by atoms with Crippen molar-refractivity contribution in [2.75, 3.05) is 13.2 Å². The van der Waals surface area contributed by atoms with Gasteiger partial charge in [-0.05, 0) is 43.4 Å². The second kappa shape index (κ2) is 7.54. The van der Waals surface area contributed by atoms with E-state index in [1.54, 1.807) is 0 Å². The molecule has 0 aliphatic heterocycles. The maximum Gasteiger partial charge on any atom is 0.119 e. The van der Waals surface area contributed by atoms with E-state index in [9.17, 15) is 0 Å². The predicted molar refractivity (Wildman–Crippen MR) is 80.7 cm³/mol. The minimum atomic E-state index is 0.570. The number of hydrogen-bond acceptors (Lipinski definition) is 2. The predicted octanol–water partition coefficient (Wildman–Crippen LogP) is 3.80. The monoisotopic (exact) mass is 261 g/mol. The Morgan fingerprint density at radius 1 is 1.26 bits per heavy atom. The Morgan fingerprint density at radius 2 is 2.00 bits per heavy atom. The van der Waals surface area contributed by atoms with Gasteiger partial charge in [-0.15, -0.1) is 0 Å². The molecule has 1 aliphatic rings. The Kier molecular flexibility index (Phi) is 5.71. The molecule has 1 N–H and O–H groups in total. The minimum Gasteiger partial charge on any atom is -0.493 e. The van der Waals surface area contributed by atoms with Gasteiger partial charge in [0.1, 0.15) is 5.75 Å². The van der Waals surface area contributed by atoms with Crippen LogP contribution in [-0.4, -0.2) is 19.2 Å². The Labute approximate surface area is 117 Å². The van der Waals surface area contributed by atoms with Crippen molar-refractivity contribution in [3.05, 3.63) is 29.8 Å². The summed E-state index contributed by atoms with van der Waals surface area (Å²) in [7, 11) is 0. The third kappa shape index (κ3) is 5.65. The van der Waals surface area contributed by atoms with E-state index in [4.69, 9.17) is 4.74 Å². The fraction of sp³-hybridized carbons (Fsp3) is 0.647. The highest BCUT2D eigenvalue weighted by Gasteiger charge is 2.20. The highest BCUT2D eigenvalue weighted by molar-refractivity contribution is 5.27. The zero-order chi connectivity index (χ0) is 13.5. The smallest absolute Gasteiger partial charge is 0.119 e. The summed E-state index contributed by atoms with van der Waals surface area (Å²) in [5, 5.41) is 3.54. The molecule has 1 aromatic carbocycles. The fourth-order valence-electron chi connectivity index (χ4n) is 2.09. The largest absolute Gasteiger partial charge is 0.493 e. The summed E-state index contributed by atoms with van der Waals surface area (Å²) in [6.07, 6.45) is 6.41. The number of ether oxygens (including phenoxy) is 1. The third-order valence-corrected chi connectivity index (χ3v) is 3.61. The summed E-state index contributed by atoms with van der Waals surface area (Å²) in [5.41, 5.74) is 1.41. The lowest BCUT2D eigenvalue weighted by atomic mass is 10.1. The number of aryl methyl sites for hydroxylation is 1. The van der Waals surface area contributed by atoms with Crippen LogP contribution in [0.1, 0.15) is 45.1 Å². The van der Waals surface area contributed by atoms with Gasteiger partial charge in [-0.3, -0.25) is 0 Å². The van der Waals surface area contributed by atoms with Crippen molar-refractivity contribution in [1.82, 2.24) is 5.32 Å². The molecule has 1 saturated carbocycles. The van der Waals surface area contributed by atoms with Crippen LogP contribution in [0, 0.1) is 5.92 Å². The SMILES string of the molecule is CCCCc1ccc(OCC(C)CNC2CC2)cc1. The van der Waals surface area contributed by atoms with Crippen LogP contribution in [0.4, 0.5) is 0 Å². The third-order valence-electron chi connectivity index (χ3n) is 3.61. The van der Waals surface area contributed by atoms with Gasteiger partial charge >= 0.3 is 0 Å². The molecule has 2 nitrogen and oxygen atoms in total. The number of rotatable bonds is 9. The molecule has 106 valence electrons. The molecule has 1 aromatic rings. The van der Waals surface area contributed by atoms with E-state index in [-0.39, 0.29) is 0 Å². The van der Waals surface area contributed by atoms with Crippen LogP contribution in [0.5, 0.6) is 5.75 Å². The molecule has 0 amide bonds. The molecular formula is C17H27NO. The first-order chi connectivity index (χ1) is 9.28. The van der Waals surface area contributed by atoms with Gasteiger partial charge in [-0.25, -0.2) is 0 Å². The van der Waals surface area contributed by atoms with E-state index >= 15 is 0 Å². The van der Waals surface area contributed by atoms with Gasteiger partial charge < -0.3 is 10.1 Å². The molecule has 0 heterocycles. The van der Waals surface area contributed by atoms with Crippen LogP contribution in [0.2, 0.25) is 0 Å². The number of unbranched alkanes of at least 4 members (excludes halogenated alkanes) is 1. The number of nitrogens with one attached hydrogen (secondary N) is 1. The number of benzene rings is 1. The molecule has 0 spiro atoms. The molecule has 2 heteroatoms. The summed E-state index contributed by atoms with van der Waals surface area (Å²) in [6.45, 7) is 6.34. The van der Waals surface area contributed by atoms with E-state index in [1.807, 2.05) is 0 Å². The summed E-state index contributed by atoms with van der Waals surface area (Å²) in [5.74, 6) is 1.57. The summed E-state index contributed by atoms with van der Waals surface area (Å²) in [4.78, 5) is 0. The maximum atomic E-state index is 5.84. The molecule has 1 unspecified atom stereocenters. The zero-order valence-corrected chi connectivity index (χ0v) is 12.3. The summed E-state index contributed by atoms with van der Waals surface area (Å²) in [6, 6.07) is 9.38. The molecule has 0 saturated heterocycles. The lowest BCUT2D eigenvalue weighted by Gasteiger charge is -2.14. The van der Waals surface area contributed by atoms with Crippen LogP contribution in [0.25, 0.3) is 0 Å². The minimum absolute atomic E-state index is 0.570. The van der Waals surface area contributed by atoms with Crippen LogP contribution >= 0.6 is 0 Å². The van der Waals surface area contributed by atoms with Gasteiger partial charge in [0.25, 0.3) is 0 Å². The molecule has 1 fully saturated rings. The van der Waals surface area contributed by atoms with E-state index in [0.29, 0.717) is 5.92 Å². The standard InChI is InChI=1S/C17H27NO/c1-3-4-5-15-6-10-17(11-7-15)19-13-14(2)12-18-16-8-9-16/h6-7,10-11,14,16,18H,3-5,8-9,12-13H2,1-2H3. The van der Waals surface area contributed by atoms with Gasteiger partial charge in [0.15, 0.2) is 0 Å². The average molecular weight is 261 g/mol. The molecule has 1 aliphatic carbocycles. The van der Waals surface area contributed by atoms with Gasteiger partial charge in [0, 0.05) is 18.5 Å². The van der Waals surface area contributed by atoms with Crippen molar-refractivity contribution < 1.29 is 4.74 Å². The Hall–Kier alpha value is -1.02. The highest BCUT2D eigenvalue weighted by Crippen LogP contribution is 2.19. The Morgan fingerprint density at radius 3 is 2.63 bits per heavy atom. The van der Waals surface area contributed by atoms with Crippen molar-refractivity contribution in [2.45, 2.75) is 52.0 Å². The van der Waals surface area contributed by atoms with Crippen molar-refractivity contribution in [1.29, 1.82) is 0 Å². The second-order valence-corrected chi connectivity index (χ2v) is 5.85. The molecule has 0 aromatic heterocycles. The van der Waals surface area contributed by atoms with Crippen LogP contribution in [0.3, 0.4) is 0 Å². The van der Waals surface area contributed by atoms with Gasteiger partial charge in [0.2, 0.25) is 0 Å². The number of hydrogen-bond donors (Lipinski definition) is 1. The van der Waals surface area contributed by atoms with E-state index < -0.39 is 0 Å². The lowest BCUT2D eigenvalue weighted by Crippen LogP contribution is -2.26. The molecule has 1 atom stereocenters. The van der Waals surface area contributed by atoms with E-state index in [2.05, 4.69) is 43.4 Å². The van der Waals surface area contributed by atoms with E-state index in [0.717, 1.165) is 24.9 Å². The molecule has 0 radical (unpaired) electrons. The fourth-order valence-corrected chi connectivity index (χ4v) is 2.09. The highest BCUT2D eigenvalue weighted by atomic mass is 16.5. The van der Waals surface area contributed by atoms with Gasteiger partial charge in [-0.1, -0.05) is 32.4 Å². The quantitative estimate of drug-likeness (QED) is 0.730. The van der Waals surface area contributed by atoms with Crippen molar-refractivity contribution in [3.63, 3.8) is 0 Å². The molecular weight excluding hydrogens is 234 g/mol. The molecule has 19 heavy (non-hydrogen) atoms. The first-order valence-corrected chi connectivity index (χ1v) is 7.73. The summed E-state index contributed by atoms with van der Waals surface area (Å²) < 4.78 is 5.84. The second-order valence-electron chi connectivity index (χ2n) is 5.85. The topological polar surface area (TPSA) is 21.3 Å². The van der Waals surface area contributed by atoms with Gasteiger partial charge in [-0.2, -0.15) is 0 Å². The van der Waals surface area contributed by atoms with E-state index in [1.165, 1.54) is 37.7 Å². The first kappa shape index (κ1) is 14.4. The molecule has 0 bridgehead atoms. The normalized spacial score (nSPS) is 16.3. The van der Waals surface area contributed by atoms with Gasteiger partial charge in [0.05, 0.1) is 6.61 Å². The first-order valence-electron chi connectivity index (χ1n) is 7.73. The lowest BCUT2D eigenvalue weighted by molar-refractivity contribution is 0.255. The van der Waals surface area contributed by atoms with Crippen LogP contribution in [0.15, 0.2) is 24.3 Å². The van der Waals surface area contributed by atoms with Crippen LogP contribution < -0.4 is 10.1 Å². The summed E-state index contributed by atoms with van der Waals surface area (Å²) >= 11 is 0. The molecule has 2 rings (SSSR count). The van der Waals surface area contributed by atoms with Crippen molar-refractivity contribution in [3.8, 4) is 5.75 Å².